The van der Waals surface area contributed by atoms with Gasteiger partial charge in [-0.25, -0.2) is 0 Å². The molecule has 0 bridgehead atoms. The second-order valence-corrected chi connectivity index (χ2v) is 7.79. The van der Waals surface area contributed by atoms with Crippen LogP contribution in [0.5, 0.6) is 5.75 Å². The Labute approximate surface area is 172 Å². The molecule has 142 valence electrons. The van der Waals surface area contributed by atoms with Gasteiger partial charge in [-0.05, 0) is 30.3 Å². The summed E-state index contributed by atoms with van der Waals surface area (Å²) in [5.74, 6) is 13.4. The first-order valence-electron chi connectivity index (χ1n) is 9.64. The molecule has 0 fully saturated rings. The average molecular weight is 378 g/mol. The van der Waals surface area contributed by atoms with Gasteiger partial charge in [0.05, 0.1) is 6.61 Å². The number of hydrogen-bond donors (Lipinski definition) is 1. The van der Waals surface area contributed by atoms with E-state index in [2.05, 4.69) is 23.7 Å². The molecule has 0 spiro atoms. The Morgan fingerprint density at radius 2 is 1.38 bits per heavy atom. The van der Waals surface area contributed by atoms with Gasteiger partial charge in [-0.3, -0.25) is 0 Å². The fourth-order valence-corrected chi connectivity index (χ4v) is 3.38. The second kappa shape index (κ2) is 7.51. The molecule has 0 radical (unpaired) electrons. The largest absolute Gasteiger partial charge is 0.492 e. The quantitative estimate of drug-likeness (QED) is 0.573. The summed E-state index contributed by atoms with van der Waals surface area (Å²) < 4.78 is 5.85. The lowest BCUT2D eigenvalue weighted by molar-refractivity contribution is -0.0640. The SMILES string of the molecule is CC1(C)COc2ccccc2C1(O)C#Cc1ccccc1C#Cc1ccccc1. The van der Waals surface area contributed by atoms with Crippen molar-refractivity contribution < 1.29 is 9.84 Å². The van der Waals surface area contributed by atoms with Crippen molar-refractivity contribution in [2.45, 2.75) is 19.4 Å². The zero-order valence-electron chi connectivity index (χ0n) is 16.6. The Balaban J connectivity index is 1.76. The van der Waals surface area contributed by atoms with Crippen LogP contribution in [0.2, 0.25) is 0 Å². The maximum absolute atomic E-state index is 11.6. The smallest absolute Gasteiger partial charge is 0.163 e. The molecular formula is C27H22O2. The molecule has 0 saturated heterocycles. The molecule has 0 aromatic heterocycles. The summed E-state index contributed by atoms with van der Waals surface area (Å²) in [7, 11) is 0. The first-order valence-corrected chi connectivity index (χ1v) is 9.64. The highest BCUT2D eigenvalue weighted by Gasteiger charge is 2.49. The van der Waals surface area contributed by atoms with E-state index in [9.17, 15) is 5.11 Å². The molecule has 4 rings (SSSR count). The summed E-state index contributed by atoms with van der Waals surface area (Å²) in [6.45, 7) is 4.34. The minimum absolute atomic E-state index is 0.394. The molecule has 1 atom stereocenters. The van der Waals surface area contributed by atoms with Gasteiger partial charge in [0.15, 0.2) is 5.60 Å². The second-order valence-electron chi connectivity index (χ2n) is 7.79. The number of para-hydroxylation sites is 1. The Hall–Kier alpha value is -3.46. The van der Waals surface area contributed by atoms with Gasteiger partial charge < -0.3 is 9.84 Å². The van der Waals surface area contributed by atoms with Gasteiger partial charge in [0.2, 0.25) is 0 Å². The molecule has 1 aliphatic heterocycles. The minimum atomic E-state index is -1.32. The molecular weight excluding hydrogens is 356 g/mol. The van der Waals surface area contributed by atoms with Crippen LogP contribution in [0.25, 0.3) is 0 Å². The first-order chi connectivity index (χ1) is 14.0. The summed E-state index contributed by atoms with van der Waals surface area (Å²) >= 11 is 0. The Morgan fingerprint density at radius 1 is 0.759 bits per heavy atom. The van der Waals surface area contributed by atoms with E-state index in [0.29, 0.717) is 17.9 Å². The van der Waals surface area contributed by atoms with Crippen LogP contribution in [-0.4, -0.2) is 11.7 Å². The van der Waals surface area contributed by atoms with E-state index >= 15 is 0 Å². The Bertz CT molecular complexity index is 1150. The van der Waals surface area contributed by atoms with Crippen molar-refractivity contribution in [2.75, 3.05) is 6.61 Å². The van der Waals surface area contributed by atoms with Crippen molar-refractivity contribution in [1.29, 1.82) is 0 Å². The van der Waals surface area contributed by atoms with Gasteiger partial charge in [0, 0.05) is 27.7 Å². The van der Waals surface area contributed by atoms with E-state index in [4.69, 9.17) is 4.74 Å². The predicted octanol–water partition coefficient (Wildman–Crippen LogP) is 4.74. The van der Waals surface area contributed by atoms with E-state index in [0.717, 1.165) is 16.7 Å². The third-order valence-corrected chi connectivity index (χ3v) is 5.27. The maximum atomic E-state index is 11.6. The zero-order valence-corrected chi connectivity index (χ0v) is 16.6. The van der Waals surface area contributed by atoms with E-state index in [-0.39, 0.29) is 0 Å². The van der Waals surface area contributed by atoms with Gasteiger partial charge >= 0.3 is 0 Å². The van der Waals surface area contributed by atoms with Gasteiger partial charge in [0.1, 0.15) is 5.75 Å². The highest BCUT2D eigenvalue weighted by atomic mass is 16.5. The Morgan fingerprint density at radius 3 is 2.14 bits per heavy atom. The molecule has 1 unspecified atom stereocenters. The summed E-state index contributed by atoms with van der Waals surface area (Å²) in [5.41, 5.74) is 1.42. The van der Waals surface area contributed by atoms with Crippen LogP contribution in [0.3, 0.4) is 0 Å². The number of hydrogen-bond acceptors (Lipinski definition) is 2. The average Bonchev–Trinajstić information content (AvgIpc) is 2.75. The lowest BCUT2D eigenvalue weighted by atomic mass is 9.70. The van der Waals surface area contributed by atoms with Crippen LogP contribution in [0, 0.1) is 29.1 Å². The lowest BCUT2D eigenvalue weighted by Crippen LogP contribution is -2.48. The fourth-order valence-electron chi connectivity index (χ4n) is 3.38. The van der Waals surface area contributed by atoms with Crippen molar-refractivity contribution in [3.63, 3.8) is 0 Å². The number of fused-ring (bicyclic) bond motifs is 1. The zero-order chi connectivity index (χ0) is 20.3. The predicted molar refractivity (Wildman–Crippen MR) is 115 cm³/mol. The highest BCUT2D eigenvalue weighted by molar-refractivity contribution is 5.55. The number of rotatable bonds is 0. The minimum Gasteiger partial charge on any atom is -0.492 e. The normalized spacial score (nSPS) is 18.9. The van der Waals surface area contributed by atoms with Crippen molar-refractivity contribution >= 4 is 0 Å². The lowest BCUT2D eigenvalue weighted by Gasteiger charge is -2.43. The maximum Gasteiger partial charge on any atom is 0.163 e. The van der Waals surface area contributed by atoms with Crippen LogP contribution >= 0.6 is 0 Å². The summed E-state index contributed by atoms with van der Waals surface area (Å²) in [5, 5.41) is 11.6. The fraction of sp³-hybridized carbons (Fsp3) is 0.185. The molecule has 0 saturated carbocycles. The first kappa shape index (κ1) is 18.9. The molecule has 3 aromatic rings. The Kier molecular flexibility index (Phi) is 4.89. The molecule has 2 nitrogen and oxygen atoms in total. The van der Waals surface area contributed by atoms with Crippen molar-refractivity contribution in [2.24, 2.45) is 5.41 Å². The summed E-state index contributed by atoms with van der Waals surface area (Å²) in [6.07, 6.45) is 0. The van der Waals surface area contributed by atoms with E-state index in [1.807, 2.05) is 92.7 Å². The summed E-state index contributed by atoms with van der Waals surface area (Å²) in [4.78, 5) is 0. The molecule has 1 aliphatic rings. The topological polar surface area (TPSA) is 29.5 Å². The van der Waals surface area contributed by atoms with Gasteiger partial charge in [-0.2, -0.15) is 0 Å². The van der Waals surface area contributed by atoms with Crippen LogP contribution in [0.15, 0.2) is 78.9 Å². The summed E-state index contributed by atoms with van der Waals surface area (Å²) in [6, 6.07) is 25.2. The molecule has 0 aliphatic carbocycles. The van der Waals surface area contributed by atoms with Crippen LogP contribution < -0.4 is 4.74 Å². The molecule has 3 aromatic carbocycles. The van der Waals surface area contributed by atoms with Crippen LogP contribution in [0.1, 0.15) is 36.1 Å². The highest BCUT2D eigenvalue weighted by Crippen LogP contribution is 2.47. The molecule has 1 heterocycles. The van der Waals surface area contributed by atoms with Crippen LogP contribution in [0.4, 0.5) is 0 Å². The van der Waals surface area contributed by atoms with Gasteiger partial charge in [-0.1, -0.05) is 86.1 Å². The van der Waals surface area contributed by atoms with Crippen molar-refractivity contribution in [1.82, 2.24) is 0 Å². The number of ether oxygens (including phenoxy) is 1. The third-order valence-electron chi connectivity index (χ3n) is 5.27. The number of benzene rings is 3. The van der Waals surface area contributed by atoms with Gasteiger partial charge in [0.25, 0.3) is 0 Å². The molecule has 1 N–H and O–H groups in total. The monoisotopic (exact) mass is 378 g/mol. The standard InChI is InChI=1S/C27H22O2/c1-26(2)20-29-25-15-9-8-14-24(25)27(26,28)19-18-23-13-7-6-12-22(23)17-16-21-10-4-3-5-11-21/h3-15,28H,20H2,1-2H3. The molecule has 0 amide bonds. The van der Waals surface area contributed by atoms with E-state index in [1.54, 1.807) is 0 Å². The van der Waals surface area contributed by atoms with E-state index in [1.165, 1.54) is 0 Å². The van der Waals surface area contributed by atoms with Crippen molar-refractivity contribution in [3.05, 3.63) is 101 Å². The van der Waals surface area contributed by atoms with Crippen LogP contribution in [-0.2, 0) is 5.60 Å². The van der Waals surface area contributed by atoms with E-state index < -0.39 is 11.0 Å². The number of aliphatic hydroxyl groups is 1. The molecule has 29 heavy (non-hydrogen) atoms. The molecule has 2 heteroatoms. The third kappa shape index (κ3) is 3.64. The van der Waals surface area contributed by atoms with Gasteiger partial charge in [-0.15, -0.1) is 0 Å². The van der Waals surface area contributed by atoms with Crippen molar-refractivity contribution in [3.8, 4) is 29.4 Å².